The number of benzene rings is 1. The van der Waals surface area contributed by atoms with Gasteiger partial charge in [-0.25, -0.2) is 0 Å². The first-order valence-electron chi connectivity index (χ1n) is 4.92. The van der Waals surface area contributed by atoms with Crippen LogP contribution in [0, 0.1) is 0 Å². The summed E-state index contributed by atoms with van der Waals surface area (Å²) in [5.74, 6) is -0.787. The van der Waals surface area contributed by atoms with Crippen molar-refractivity contribution in [2.75, 3.05) is 0 Å². The highest BCUT2D eigenvalue weighted by atomic mass is 35.5. The molecule has 3 nitrogen and oxygen atoms in total. The zero-order valence-corrected chi connectivity index (χ0v) is 8.87. The Bertz CT molecular complexity index is 381. The highest BCUT2D eigenvalue weighted by Crippen LogP contribution is 2.30. The van der Waals surface area contributed by atoms with E-state index in [0.29, 0.717) is 11.4 Å². The van der Waals surface area contributed by atoms with E-state index in [1.165, 1.54) is 0 Å². The fraction of sp³-hybridized carbons (Fsp3) is 0.364. The summed E-state index contributed by atoms with van der Waals surface area (Å²) in [7, 11) is 0. The summed E-state index contributed by atoms with van der Waals surface area (Å²) < 4.78 is 0. The number of carboxylic acids is 1. The number of halogens is 1. The maximum Gasteiger partial charge on any atom is 0.320 e. The molecule has 0 radical (unpaired) electrons. The molecule has 1 aliphatic rings. The molecule has 4 heteroatoms. The molecule has 2 unspecified atom stereocenters. The first kappa shape index (κ1) is 10.5. The average molecular weight is 226 g/mol. The van der Waals surface area contributed by atoms with Crippen molar-refractivity contribution in [2.45, 2.75) is 24.9 Å². The monoisotopic (exact) mass is 225 g/mol. The number of carboxylic acid groups (broad SMARTS) is 1. The van der Waals surface area contributed by atoms with Gasteiger partial charge in [0.25, 0.3) is 0 Å². The summed E-state index contributed by atoms with van der Waals surface area (Å²) >= 11 is 6.04. The Hall–Kier alpha value is -1.06. The molecule has 0 spiro atoms. The normalized spacial score (nSPS) is 25.4. The Morgan fingerprint density at radius 1 is 1.40 bits per heavy atom. The van der Waals surface area contributed by atoms with E-state index in [9.17, 15) is 4.79 Å². The summed E-state index contributed by atoms with van der Waals surface area (Å²) in [4.78, 5) is 10.8. The molecule has 1 fully saturated rings. The van der Waals surface area contributed by atoms with Crippen molar-refractivity contribution in [3.63, 3.8) is 0 Å². The molecule has 2 atom stereocenters. The lowest BCUT2D eigenvalue weighted by Crippen LogP contribution is -2.31. The topological polar surface area (TPSA) is 49.3 Å². The summed E-state index contributed by atoms with van der Waals surface area (Å²) in [6.07, 6.45) is 1.48. The molecule has 15 heavy (non-hydrogen) atoms. The molecule has 0 bridgehead atoms. The van der Waals surface area contributed by atoms with Crippen LogP contribution in [0.2, 0.25) is 5.02 Å². The number of nitrogens with one attached hydrogen (secondary N) is 1. The maximum absolute atomic E-state index is 10.8. The van der Waals surface area contributed by atoms with Crippen molar-refractivity contribution < 1.29 is 9.90 Å². The Labute approximate surface area is 93.1 Å². The van der Waals surface area contributed by atoms with Gasteiger partial charge in [-0.1, -0.05) is 29.8 Å². The van der Waals surface area contributed by atoms with Crippen LogP contribution in [-0.4, -0.2) is 17.1 Å². The number of aliphatic carboxylic acids is 1. The molecule has 0 saturated carbocycles. The third-order valence-corrected chi connectivity index (χ3v) is 3.07. The van der Waals surface area contributed by atoms with Crippen LogP contribution in [0.3, 0.4) is 0 Å². The van der Waals surface area contributed by atoms with E-state index in [0.717, 1.165) is 12.0 Å². The van der Waals surface area contributed by atoms with Crippen LogP contribution < -0.4 is 5.32 Å². The second-order valence-corrected chi connectivity index (χ2v) is 4.12. The molecule has 1 aromatic rings. The minimum Gasteiger partial charge on any atom is -0.480 e. The number of carbonyl (C=O) groups is 1. The number of hydrogen-bond donors (Lipinski definition) is 2. The Balaban J connectivity index is 2.14. The zero-order chi connectivity index (χ0) is 10.8. The molecule has 80 valence electrons. The third kappa shape index (κ3) is 2.13. The molecular formula is C11H12ClNO2. The number of rotatable bonds is 2. The van der Waals surface area contributed by atoms with Crippen LogP contribution in [0.15, 0.2) is 24.3 Å². The van der Waals surface area contributed by atoms with Gasteiger partial charge < -0.3 is 5.11 Å². The third-order valence-electron chi connectivity index (χ3n) is 2.73. The van der Waals surface area contributed by atoms with Crippen LogP contribution in [-0.2, 0) is 4.79 Å². The fourth-order valence-corrected chi connectivity index (χ4v) is 2.21. The molecule has 1 saturated heterocycles. The van der Waals surface area contributed by atoms with Crippen molar-refractivity contribution >= 4 is 17.6 Å². The molecule has 0 aromatic heterocycles. The van der Waals surface area contributed by atoms with Gasteiger partial charge in [0.15, 0.2) is 0 Å². The van der Waals surface area contributed by atoms with Crippen LogP contribution in [0.1, 0.15) is 24.4 Å². The van der Waals surface area contributed by atoms with E-state index in [1.54, 1.807) is 0 Å². The first-order chi connectivity index (χ1) is 7.18. The lowest BCUT2D eigenvalue weighted by molar-refractivity contribution is -0.139. The largest absolute Gasteiger partial charge is 0.480 e. The van der Waals surface area contributed by atoms with E-state index in [-0.39, 0.29) is 6.04 Å². The highest BCUT2D eigenvalue weighted by Gasteiger charge is 2.30. The molecule has 2 N–H and O–H groups in total. The molecular weight excluding hydrogens is 214 g/mol. The predicted octanol–water partition coefficient (Wildman–Crippen LogP) is 2.22. The first-order valence-corrected chi connectivity index (χ1v) is 5.29. The Morgan fingerprint density at radius 2 is 2.13 bits per heavy atom. The predicted molar refractivity (Wildman–Crippen MR) is 58.0 cm³/mol. The van der Waals surface area contributed by atoms with Gasteiger partial charge in [-0.05, 0) is 24.5 Å². The SMILES string of the molecule is O=C(O)C1CCC(c2ccccc2Cl)N1. The van der Waals surface area contributed by atoms with Crippen molar-refractivity contribution in [3.8, 4) is 0 Å². The molecule has 1 aliphatic heterocycles. The van der Waals surface area contributed by atoms with Gasteiger partial charge in [0.2, 0.25) is 0 Å². The quantitative estimate of drug-likeness (QED) is 0.812. The lowest BCUT2D eigenvalue weighted by atomic mass is 10.1. The van der Waals surface area contributed by atoms with Crippen molar-refractivity contribution in [3.05, 3.63) is 34.9 Å². The van der Waals surface area contributed by atoms with E-state index in [2.05, 4.69) is 5.32 Å². The van der Waals surface area contributed by atoms with E-state index >= 15 is 0 Å². The second-order valence-electron chi connectivity index (χ2n) is 3.71. The smallest absolute Gasteiger partial charge is 0.320 e. The van der Waals surface area contributed by atoms with E-state index in [1.807, 2.05) is 24.3 Å². The van der Waals surface area contributed by atoms with Gasteiger partial charge in [-0.2, -0.15) is 0 Å². The highest BCUT2D eigenvalue weighted by molar-refractivity contribution is 6.31. The Kier molecular flexibility index (Phi) is 2.93. The summed E-state index contributed by atoms with van der Waals surface area (Å²) in [6, 6.07) is 7.18. The molecule has 0 aliphatic carbocycles. The van der Waals surface area contributed by atoms with Gasteiger partial charge in [0.1, 0.15) is 6.04 Å². The second kappa shape index (κ2) is 4.21. The number of hydrogen-bond acceptors (Lipinski definition) is 2. The molecule has 0 amide bonds. The van der Waals surface area contributed by atoms with E-state index in [4.69, 9.17) is 16.7 Å². The minimum absolute atomic E-state index is 0.0693. The summed E-state index contributed by atoms with van der Waals surface area (Å²) in [5.41, 5.74) is 0.989. The van der Waals surface area contributed by atoms with Gasteiger partial charge in [-0.3, -0.25) is 10.1 Å². The van der Waals surface area contributed by atoms with Crippen molar-refractivity contribution in [2.24, 2.45) is 0 Å². The van der Waals surface area contributed by atoms with Gasteiger partial charge >= 0.3 is 5.97 Å². The summed E-state index contributed by atoms with van der Waals surface area (Å²) in [6.45, 7) is 0. The minimum atomic E-state index is -0.787. The standard InChI is InChI=1S/C11H12ClNO2/c12-8-4-2-1-3-7(8)9-5-6-10(13-9)11(14)15/h1-4,9-10,13H,5-6H2,(H,14,15). The van der Waals surface area contributed by atoms with Crippen molar-refractivity contribution in [1.29, 1.82) is 0 Å². The van der Waals surface area contributed by atoms with Crippen LogP contribution in [0.25, 0.3) is 0 Å². The summed E-state index contributed by atoms with van der Waals surface area (Å²) in [5, 5.41) is 12.6. The molecule has 1 heterocycles. The Morgan fingerprint density at radius 3 is 2.73 bits per heavy atom. The fourth-order valence-electron chi connectivity index (χ4n) is 1.94. The van der Waals surface area contributed by atoms with Gasteiger partial charge in [0.05, 0.1) is 0 Å². The molecule has 1 aromatic carbocycles. The van der Waals surface area contributed by atoms with Crippen LogP contribution in [0.5, 0.6) is 0 Å². The van der Waals surface area contributed by atoms with Crippen LogP contribution in [0.4, 0.5) is 0 Å². The van der Waals surface area contributed by atoms with Crippen molar-refractivity contribution in [1.82, 2.24) is 5.32 Å². The maximum atomic E-state index is 10.8. The van der Waals surface area contributed by atoms with Gasteiger partial charge in [-0.15, -0.1) is 0 Å². The lowest BCUT2D eigenvalue weighted by Gasteiger charge is -2.13. The van der Waals surface area contributed by atoms with Crippen LogP contribution >= 0.6 is 11.6 Å². The van der Waals surface area contributed by atoms with Gasteiger partial charge in [0, 0.05) is 11.1 Å². The molecule has 2 rings (SSSR count). The zero-order valence-electron chi connectivity index (χ0n) is 8.11. The van der Waals surface area contributed by atoms with E-state index < -0.39 is 12.0 Å². The average Bonchev–Trinajstić information content (AvgIpc) is 2.67.